The Morgan fingerprint density at radius 1 is 0.786 bits per heavy atom. The van der Waals surface area contributed by atoms with Crippen LogP contribution in [0.1, 0.15) is 31.8 Å². The largest absolute Gasteiger partial charge is 0.493 e. The topological polar surface area (TPSA) is 84.9 Å². The molecule has 4 atom stereocenters. The van der Waals surface area contributed by atoms with Gasteiger partial charge in [-0.15, -0.1) is 0 Å². The Morgan fingerprint density at radius 2 is 1.50 bits per heavy atom. The Morgan fingerprint density at radius 3 is 2.29 bits per heavy atom. The standard InChI is InChI=1S/C35H28N2O5/c1-41-28-19-17-23(20-29(28)42-2)32(39)33-35(24-13-7-8-14-25(24)36-34(35)40)30(31(38)22-11-4-3-5-12-22)27-18-16-21-10-6-9-15-26(21)37(27)33/h3-20,27,30,33H,1-2H3,(H,36,40)/t27?,30-,33+,35+/m1/s1. The second kappa shape index (κ2) is 9.73. The van der Waals surface area contributed by atoms with Gasteiger partial charge in [0, 0.05) is 22.5 Å². The van der Waals surface area contributed by atoms with Gasteiger partial charge in [-0.3, -0.25) is 14.4 Å². The summed E-state index contributed by atoms with van der Waals surface area (Å²) in [6.45, 7) is 0. The molecule has 7 heteroatoms. The molecule has 4 aromatic rings. The van der Waals surface area contributed by atoms with E-state index in [4.69, 9.17) is 9.47 Å². The van der Waals surface area contributed by atoms with Crippen LogP contribution in [0.25, 0.3) is 6.08 Å². The van der Waals surface area contributed by atoms with Crippen molar-refractivity contribution in [3.63, 3.8) is 0 Å². The number of ketones is 2. The Bertz CT molecular complexity index is 1780. The number of benzene rings is 4. The molecule has 1 amide bonds. The number of nitrogens with one attached hydrogen (secondary N) is 1. The Hall–Kier alpha value is -5.17. The van der Waals surface area contributed by atoms with E-state index in [-0.39, 0.29) is 17.5 Å². The Balaban J connectivity index is 1.53. The summed E-state index contributed by atoms with van der Waals surface area (Å²) < 4.78 is 10.9. The number of hydrogen-bond donors (Lipinski definition) is 1. The van der Waals surface area contributed by atoms with E-state index in [9.17, 15) is 14.4 Å². The molecule has 7 rings (SSSR count). The molecule has 1 fully saturated rings. The molecule has 0 saturated carbocycles. The van der Waals surface area contributed by atoms with E-state index >= 15 is 0 Å². The van der Waals surface area contributed by atoms with E-state index in [0.29, 0.717) is 33.9 Å². The van der Waals surface area contributed by atoms with E-state index in [0.717, 1.165) is 11.3 Å². The molecule has 7 nitrogen and oxygen atoms in total. The molecule has 3 aliphatic heterocycles. The lowest BCUT2D eigenvalue weighted by molar-refractivity contribution is -0.121. The van der Waals surface area contributed by atoms with Gasteiger partial charge in [-0.05, 0) is 41.5 Å². The van der Waals surface area contributed by atoms with E-state index in [1.807, 2.05) is 83.8 Å². The molecular formula is C35H28N2O5. The lowest BCUT2D eigenvalue weighted by Gasteiger charge is -2.37. The zero-order chi connectivity index (χ0) is 29.0. The summed E-state index contributed by atoms with van der Waals surface area (Å²) in [5.74, 6) is -0.843. The summed E-state index contributed by atoms with van der Waals surface area (Å²) in [7, 11) is 3.05. The van der Waals surface area contributed by atoms with Gasteiger partial charge in [-0.25, -0.2) is 0 Å². The summed E-state index contributed by atoms with van der Waals surface area (Å²) in [6.07, 6.45) is 3.95. The molecule has 0 bridgehead atoms. The van der Waals surface area contributed by atoms with Crippen LogP contribution in [0.5, 0.6) is 11.5 Å². The van der Waals surface area contributed by atoms with Crippen LogP contribution in [0, 0.1) is 5.92 Å². The van der Waals surface area contributed by atoms with E-state index in [1.54, 1.807) is 30.3 Å². The highest BCUT2D eigenvalue weighted by molar-refractivity contribution is 6.20. The van der Waals surface area contributed by atoms with Crippen molar-refractivity contribution >= 4 is 34.9 Å². The number of ether oxygens (including phenoxy) is 2. The average Bonchev–Trinajstić information content (AvgIpc) is 3.52. The molecule has 208 valence electrons. The first kappa shape index (κ1) is 25.8. The number of hydrogen-bond acceptors (Lipinski definition) is 6. The van der Waals surface area contributed by atoms with E-state index in [2.05, 4.69) is 5.32 Å². The van der Waals surface area contributed by atoms with Gasteiger partial charge >= 0.3 is 0 Å². The minimum atomic E-state index is -1.51. The Labute approximate surface area is 243 Å². The van der Waals surface area contributed by atoms with Gasteiger partial charge < -0.3 is 19.7 Å². The maximum absolute atomic E-state index is 14.9. The van der Waals surface area contributed by atoms with Crippen molar-refractivity contribution in [1.29, 1.82) is 0 Å². The molecule has 3 heterocycles. The summed E-state index contributed by atoms with van der Waals surface area (Å²) in [6, 6.07) is 27.6. The van der Waals surface area contributed by atoms with Gasteiger partial charge in [0.15, 0.2) is 23.1 Å². The number of Topliss-reactive ketones (excluding diaryl/α,β-unsaturated/α-hetero) is 2. The molecule has 4 aromatic carbocycles. The fraction of sp³-hybridized carbons (Fsp3) is 0.171. The van der Waals surface area contributed by atoms with Crippen LogP contribution in [0.2, 0.25) is 0 Å². The molecule has 1 spiro atoms. The molecule has 0 aromatic heterocycles. The first-order valence-electron chi connectivity index (χ1n) is 13.8. The Kier molecular flexibility index (Phi) is 5.97. The van der Waals surface area contributed by atoms with Crippen LogP contribution in [0.15, 0.2) is 103 Å². The molecule has 0 radical (unpaired) electrons. The second-order valence-electron chi connectivity index (χ2n) is 10.7. The summed E-state index contributed by atoms with van der Waals surface area (Å²) in [5, 5.41) is 3.04. The number of carbonyl (C=O) groups is 3. The zero-order valence-electron chi connectivity index (χ0n) is 23.1. The molecule has 1 unspecified atom stereocenters. The van der Waals surface area contributed by atoms with Crippen LogP contribution in [0.4, 0.5) is 11.4 Å². The highest BCUT2D eigenvalue weighted by Gasteiger charge is 2.71. The predicted octanol–water partition coefficient (Wildman–Crippen LogP) is 5.56. The summed E-state index contributed by atoms with van der Waals surface area (Å²) >= 11 is 0. The summed E-state index contributed by atoms with van der Waals surface area (Å²) in [4.78, 5) is 46.1. The van der Waals surface area contributed by atoms with Crippen LogP contribution >= 0.6 is 0 Å². The quantitative estimate of drug-likeness (QED) is 0.313. The fourth-order valence-corrected chi connectivity index (χ4v) is 7.07. The third-order valence-corrected chi connectivity index (χ3v) is 8.80. The first-order valence-corrected chi connectivity index (χ1v) is 13.8. The van der Waals surface area contributed by atoms with Crippen molar-refractivity contribution in [2.45, 2.75) is 17.5 Å². The number of methoxy groups -OCH3 is 2. The van der Waals surface area contributed by atoms with Crippen molar-refractivity contribution in [3.05, 3.63) is 125 Å². The highest BCUT2D eigenvalue weighted by atomic mass is 16.5. The number of anilines is 2. The summed E-state index contributed by atoms with van der Waals surface area (Å²) in [5.41, 5.74) is 2.29. The molecule has 0 aliphatic carbocycles. The van der Waals surface area contributed by atoms with Crippen LogP contribution in [-0.2, 0) is 10.2 Å². The van der Waals surface area contributed by atoms with Crippen molar-refractivity contribution in [3.8, 4) is 11.5 Å². The number of amides is 1. The SMILES string of the molecule is COc1ccc(C(=O)[C@@H]2N3c4ccccc4C=CC3[C@H](C(=O)c3ccccc3)[C@]23C(=O)Nc2ccccc23)cc1OC. The minimum absolute atomic E-state index is 0.191. The minimum Gasteiger partial charge on any atom is -0.493 e. The normalized spacial score (nSPS) is 23.1. The van der Waals surface area contributed by atoms with E-state index < -0.39 is 23.4 Å². The fourth-order valence-electron chi connectivity index (χ4n) is 7.07. The average molecular weight is 557 g/mol. The monoisotopic (exact) mass is 556 g/mol. The molecular weight excluding hydrogens is 528 g/mol. The van der Waals surface area contributed by atoms with Gasteiger partial charge in [-0.2, -0.15) is 0 Å². The van der Waals surface area contributed by atoms with Crippen molar-refractivity contribution in [2.75, 3.05) is 24.4 Å². The third-order valence-electron chi connectivity index (χ3n) is 8.80. The van der Waals surface area contributed by atoms with Crippen molar-refractivity contribution in [2.24, 2.45) is 5.92 Å². The van der Waals surface area contributed by atoms with Gasteiger partial charge in [0.25, 0.3) is 0 Å². The second-order valence-corrected chi connectivity index (χ2v) is 10.7. The van der Waals surface area contributed by atoms with Crippen LogP contribution in [0.3, 0.4) is 0 Å². The third kappa shape index (κ3) is 3.49. The number of fused-ring (bicyclic) bond motifs is 5. The number of para-hydroxylation sites is 2. The molecule has 1 N–H and O–H groups in total. The maximum Gasteiger partial charge on any atom is 0.238 e. The first-order chi connectivity index (χ1) is 20.5. The van der Waals surface area contributed by atoms with Crippen LogP contribution in [-0.4, -0.2) is 43.8 Å². The van der Waals surface area contributed by atoms with Crippen molar-refractivity contribution < 1.29 is 23.9 Å². The molecule has 1 saturated heterocycles. The predicted molar refractivity (Wildman–Crippen MR) is 160 cm³/mol. The smallest absolute Gasteiger partial charge is 0.238 e. The zero-order valence-corrected chi connectivity index (χ0v) is 23.1. The van der Waals surface area contributed by atoms with Gasteiger partial charge in [0.05, 0.1) is 26.2 Å². The number of carbonyl (C=O) groups excluding carboxylic acids is 3. The van der Waals surface area contributed by atoms with E-state index in [1.165, 1.54) is 14.2 Å². The van der Waals surface area contributed by atoms with Crippen LogP contribution < -0.4 is 19.7 Å². The van der Waals surface area contributed by atoms with Crippen molar-refractivity contribution in [1.82, 2.24) is 0 Å². The van der Waals surface area contributed by atoms with Gasteiger partial charge in [-0.1, -0.05) is 78.9 Å². The highest BCUT2D eigenvalue weighted by Crippen LogP contribution is 2.58. The number of nitrogens with zero attached hydrogens (tertiary/aromatic N) is 1. The molecule has 42 heavy (non-hydrogen) atoms. The lowest BCUT2D eigenvalue weighted by Crippen LogP contribution is -2.55. The lowest BCUT2D eigenvalue weighted by atomic mass is 9.63. The number of rotatable bonds is 6. The van der Waals surface area contributed by atoms with Gasteiger partial charge in [0.2, 0.25) is 5.91 Å². The van der Waals surface area contributed by atoms with Gasteiger partial charge in [0.1, 0.15) is 11.5 Å². The maximum atomic E-state index is 14.9. The molecule has 3 aliphatic rings.